The summed E-state index contributed by atoms with van der Waals surface area (Å²) in [5.41, 5.74) is 1.17. The third-order valence-corrected chi connectivity index (χ3v) is 3.69. The van der Waals surface area contributed by atoms with Crippen molar-refractivity contribution < 1.29 is 0 Å². The zero-order chi connectivity index (χ0) is 9.80. The van der Waals surface area contributed by atoms with E-state index in [2.05, 4.69) is 37.9 Å². The minimum absolute atomic E-state index is 0.994. The molecule has 14 heavy (non-hydrogen) atoms. The van der Waals surface area contributed by atoms with Crippen LogP contribution in [0.25, 0.3) is 0 Å². The van der Waals surface area contributed by atoms with E-state index >= 15 is 0 Å². The molecule has 0 unspecified atom stereocenters. The Hall–Kier alpha value is -0.0600. The second-order valence-electron chi connectivity index (χ2n) is 3.36. The molecule has 1 fully saturated rings. The number of aromatic nitrogens is 1. The quantitative estimate of drug-likeness (QED) is 0.823. The van der Waals surface area contributed by atoms with Gasteiger partial charge in [0.15, 0.2) is 0 Å². The molecule has 0 N–H and O–H groups in total. The first kappa shape index (κ1) is 10.5. The van der Waals surface area contributed by atoms with Gasteiger partial charge in [-0.15, -0.1) is 0 Å². The van der Waals surface area contributed by atoms with Crippen LogP contribution in [0.1, 0.15) is 5.69 Å². The second-order valence-corrected chi connectivity index (χ2v) is 5.50. The van der Waals surface area contributed by atoms with Gasteiger partial charge in [0.2, 0.25) is 0 Å². The molecule has 0 amide bonds. The Bertz CT molecular complexity index is 283. The zero-order valence-corrected chi connectivity index (χ0v) is 10.4. The smallest absolute Gasteiger partial charge is 0.0544 e. The van der Waals surface area contributed by atoms with E-state index < -0.39 is 0 Å². The van der Waals surface area contributed by atoms with Crippen molar-refractivity contribution in [3.63, 3.8) is 0 Å². The molecule has 76 valence electrons. The molecule has 4 heteroatoms. The third kappa shape index (κ3) is 2.97. The van der Waals surface area contributed by atoms with Crippen molar-refractivity contribution in [2.24, 2.45) is 0 Å². The maximum Gasteiger partial charge on any atom is 0.0544 e. The summed E-state index contributed by atoms with van der Waals surface area (Å²) < 4.78 is 1.05. The number of thioether (sulfide) groups is 1. The van der Waals surface area contributed by atoms with Gasteiger partial charge in [0.05, 0.1) is 5.69 Å². The van der Waals surface area contributed by atoms with Crippen LogP contribution in [-0.2, 0) is 6.54 Å². The molecule has 0 spiro atoms. The minimum Gasteiger partial charge on any atom is -0.296 e. The summed E-state index contributed by atoms with van der Waals surface area (Å²) in [5.74, 6) is 2.52. The molecule has 1 saturated heterocycles. The molecule has 0 aliphatic carbocycles. The Morgan fingerprint density at radius 1 is 1.36 bits per heavy atom. The van der Waals surface area contributed by atoms with E-state index in [4.69, 9.17) is 0 Å². The molecule has 1 aliphatic rings. The summed E-state index contributed by atoms with van der Waals surface area (Å²) in [6, 6.07) is 4.15. The molecule has 0 aromatic carbocycles. The van der Waals surface area contributed by atoms with E-state index in [9.17, 15) is 0 Å². The average Bonchev–Trinajstić information content (AvgIpc) is 2.23. The molecule has 0 saturated carbocycles. The van der Waals surface area contributed by atoms with Gasteiger partial charge in [-0.3, -0.25) is 9.88 Å². The van der Waals surface area contributed by atoms with Crippen LogP contribution in [0.15, 0.2) is 22.8 Å². The molecule has 1 aromatic rings. The lowest BCUT2D eigenvalue weighted by molar-refractivity contribution is 0.291. The Balaban J connectivity index is 1.92. The summed E-state index contributed by atoms with van der Waals surface area (Å²) in [6.45, 7) is 3.39. The number of halogens is 1. The van der Waals surface area contributed by atoms with Gasteiger partial charge in [0.25, 0.3) is 0 Å². The number of pyridine rings is 1. The minimum atomic E-state index is 0.994. The van der Waals surface area contributed by atoms with Crippen molar-refractivity contribution in [2.75, 3.05) is 24.6 Å². The van der Waals surface area contributed by atoms with Crippen LogP contribution >= 0.6 is 27.7 Å². The highest BCUT2D eigenvalue weighted by atomic mass is 79.9. The van der Waals surface area contributed by atoms with E-state index in [-0.39, 0.29) is 0 Å². The van der Waals surface area contributed by atoms with Gasteiger partial charge in [-0.1, -0.05) is 0 Å². The fourth-order valence-electron chi connectivity index (χ4n) is 1.49. The number of hydrogen-bond acceptors (Lipinski definition) is 3. The van der Waals surface area contributed by atoms with Crippen LogP contribution in [0.2, 0.25) is 0 Å². The highest BCUT2D eigenvalue weighted by Gasteiger charge is 2.10. The van der Waals surface area contributed by atoms with Crippen molar-refractivity contribution >= 4 is 27.7 Å². The van der Waals surface area contributed by atoms with Gasteiger partial charge in [-0.25, -0.2) is 0 Å². The van der Waals surface area contributed by atoms with Crippen molar-refractivity contribution in [1.29, 1.82) is 0 Å². The SMILES string of the molecule is Brc1ccc(CN2CCSCC2)nc1. The maximum absolute atomic E-state index is 4.38. The van der Waals surface area contributed by atoms with Crippen molar-refractivity contribution in [3.05, 3.63) is 28.5 Å². The van der Waals surface area contributed by atoms with E-state index in [1.165, 1.54) is 30.3 Å². The first-order valence-corrected chi connectivity index (χ1v) is 6.70. The van der Waals surface area contributed by atoms with Gasteiger partial charge in [-0.05, 0) is 28.1 Å². The van der Waals surface area contributed by atoms with Gasteiger partial charge in [0, 0.05) is 41.8 Å². The van der Waals surface area contributed by atoms with Crippen molar-refractivity contribution in [3.8, 4) is 0 Å². The predicted octanol–water partition coefficient (Wildman–Crippen LogP) is 2.39. The van der Waals surface area contributed by atoms with Crippen LogP contribution in [0, 0.1) is 0 Å². The molecule has 1 aliphatic heterocycles. The standard InChI is InChI=1S/C10H13BrN2S/c11-9-1-2-10(12-7-9)8-13-3-5-14-6-4-13/h1-2,7H,3-6,8H2. The molecule has 0 radical (unpaired) electrons. The normalized spacial score (nSPS) is 18.4. The van der Waals surface area contributed by atoms with E-state index in [1.54, 1.807) is 0 Å². The van der Waals surface area contributed by atoms with E-state index in [1.807, 2.05) is 18.0 Å². The Kier molecular flexibility index (Phi) is 3.84. The van der Waals surface area contributed by atoms with Crippen LogP contribution in [0.4, 0.5) is 0 Å². The molecule has 0 atom stereocenters. The maximum atomic E-state index is 4.38. The lowest BCUT2D eigenvalue weighted by atomic mass is 10.3. The molecule has 2 nitrogen and oxygen atoms in total. The fraction of sp³-hybridized carbons (Fsp3) is 0.500. The van der Waals surface area contributed by atoms with Crippen LogP contribution in [0.5, 0.6) is 0 Å². The molecular weight excluding hydrogens is 260 g/mol. The summed E-state index contributed by atoms with van der Waals surface area (Å²) in [5, 5.41) is 0. The average molecular weight is 273 g/mol. The van der Waals surface area contributed by atoms with Crippen LogP contribution < -0.4 is 0 Å². The number of nitrogens with zero attached hydrogens (tertiary/aromatic N) is 2. The Morgan fingerprint density at radius 3 is 2.79 bits per heavy atom. The van der Waals surface area contributed by atoms with Gasteiger partial charge >= 0.3 is 0 Å². The van der Waals surface area contributed by atoms with Crippen LogP contribution in [0.3, 0.4) is 0 Å². The van der Waals surface area contributed by atoms with Gasteiger partial charge < -0.3 is 0 Å². The molecular formula is C10H13BrN2S. The fourth-order valence-corrected chi connectivity index (χ4v) is 2.70. The summed E-state index contributed by atoms with van der Waals surface area (Å²) in [6.07, 6.45) is 1.87. The van der Waals surface area contributed by atoms with Gasteiger partial charge in [0.1, 0.15) is 0 Å². The first-order chi connectivity index (χ1) is 6.84. The largest absolute Gasteiger partial charge is 0.296 e. The third-order valence-electron chi connectivity index (χ3n) is 2.28. The summed E-state index contributed by atoms with van der Waals surface area (Å²) >= 11 is 5.43. The topological polar surface area (TPSA) is 16.1 Å². The number of hydrogen-bond donors (Lipinski definition) is 0. The van der Waals surface area contributed by atoms with Crippen LogP contribution in [-0.4, -0.2) is 34.5 Å². The van der Waals surface area contributed by atoms with E-state index in [0.717, 1.165) is 11.0 Å². The molecule has 0 bridgehead atoms. The van der Waals surface area contributed by atoms with Crippen molar-refractivity contribution in [2.45, 2.75) is 6.54 Å². The van der Waals surface area contributed by atoms with Gasteiger partial charge in [-0.2, -0.15) is 11.8 Å². The zero-order valence-electron chi connectivity index (χ0n) is 7.95. The number of rotatable bonds is 2. The molecule has 2 rings (SSSR count). The lowest BCUT2D eigenvalue weighted by Gasteiger charge is -2.25. The molecule has 1 aromatic heterocycles. The van der Waals surface area contributed by atoms with E-state index in [0.29, 0.717) is 0 Å². The highest BCUT2D eigenvalue weighted by molar-refractivity contribution is 9.10. The monoisotopic (exact) mass is 272 g/mol. The molecule has 2 heterocycles. The Labute approximate surface area is 97.2 Å². The highest BCUT2D eigenvalue weighted by Crippen LogP contribution is 2.13. The second kappa shape index (κ2) is 5.14. The lowest BCUT2D eigenvalue weighted by Crippen LogP contribution is -2.32. The van der Waals surface area contributed by atoms with Crippen molar-refractivity contribution in [1.82, 2.24) is 9.88 Å². The first-order valence-electron chi connectivity index (χ1n) is 4.75. The summed E-state index contributed by atoms with van der Waals surface area (Å²) in [7, 11) is 0. The predicted molar refractivity (Wildman–Crippen MR) is 64.5 cm³/mol. The Morgan fingerprint density at radius 2 is 2.14 bits per heavy atom. The summed E-state index contributed by atoms with van der Waals surface area (Å²) in [4.78, 5) is 6.84.